The highest BCUT2D eigenvalue weighted by atomic mass is 32.2. The zero-order chi connectivity index (χ0) is 14.9. The standard InChI is InChI=1S/C12H16N2O5S/c1-3-7(15)18-5-19-12(17)9-6(2)4-20-11-8(13)10(16)14(9)11/h8,11H,3-5,13H2,1-2H3. The molecule has 0 aliphatic carbocycles. The molecule has 0 aromatic heterocycles. The van der Waals surface area contributed by atoms with Crippen molar-refractivity contribution in [2.24, 2.45) is 5.73 Å². The van der Waals surface area contributed by atoms with Gasteiger partial charge in [0.15, 0.2) is 0 Å². The maximum Gasteiger partial charge on any atom is 0.357 e. The minimum Gasteiger partial charge on any atom is -0.428 e. The van der Waals surface area contributed by atoms with Crippen molar-refractivity contribution in [3.05, 3.63) is 11.3 Å². The summed E-state index contributed by atoms with van der Waals surface area (Å²) in [5.74, 6) is -0.806. The van der Waals surface area contributed by atoms with Gasteiger partial charge in [-0.15, -0.1) is 11.8 Å². The van der Waals surface area contributed by atoms with Crippen molar-refractivity contribution in [2.45, 2.75) is 31.7 Å². The lowest BCUT2D eigenvalue weighted by atomic mass is 10.0. The molecule has 1 amide bonds. The van der Waals surface area contributed by atoms with Crippen LogP contribution in [0.15, 0.2) is 11.3 Å². The third kappa shape index (κ3) is 2.53. The van der Waals surface area contributed by atoms with Crippen LogP contribution >= 0.6 is 11.8 Å². The summed E-state index contributed by atoms with van der Waals surface area (Å²) < 4.78 is 9.55. The van der Waals surface area contributed by atoms with E-state index < -0.39 is 24.8 Å². The number of nitrogens with zero attached hydrogens (tertiary/aromatic N) is 1. The number of thioether (sulfide) groups is 1. The Bertz CT molecular complexity index is 490. The summed E-state index contributed by atoms with van der Waals surface area (Å²) in [4.78, 5) is 36.1. The molecule has 2 rings (SSSR count). The smallest absolute Gasteiger partial charge is 0.357 e. The predicted octanol–water partition coefficient (Wildman–Crippen LogP) is -0.0433. The molecule has 0 saturated carbocycles. The Morgan fingerprint density at radius 1 is 1.45 bits per heavy atom. The molecule has 1 fully saturated rings. The first-order chi connectivity index (χ1) is 9.47. The molecule has 2 unspecified atom stereocenters. The van der Waals surface area contributed by atoms with E-state index in [1.54, 1.807) is 13.8 Å². The maximum absolute atomic E-state index is 12.0. The molecule has 8 heteroatoms. The summed E-state index contributed by atoms with van der Waals surface area (Å²) in [7, 11) is 0. The molecule has 2 aliphatic heterocycles. The highest BCUT2D eigenvalue weighted by molar-refractivity contribution is 8.00. The van der Waals surface area contributed by atoms with Crippen LogP contribution < -0.4 is 5.73 Å². The number of esters is 2. The van der Waals surface area contributed by atoms with E-state index in [-0.39, 0.29) is 23.4 Å². The zero-order valence-electron chi connectivity index (χ0n) is 11.3. The van der Waals surface area contributed by atoms with Crippen LogP contribution in [0, 0.1) is 0 Å². The SMILES string of the molecule is CCC(=O)OCOC(=O)C1=C(C)CSC2C(N)C(=O)N12. The summed E-state index contributed by atoms with van der Waals surface area (Å²) in [5.41, 5.74) is 6.65. The van der Waals surface area contributed by atoms with Gasteiger partial charge in [0.2, 0.25) is 12.7 Å². The summed E-state index contributed by atoms with van der Waals surface area (Å²) in [6.45, 7) is 2.95. The Morgan fingerprint density at radius 2 is 2.15 bits per heavy atom. The molecule has 2 N–H and O–H groups in total. The van der Waals surface area contributed by atoms with E-state index in [0.29, 0.717) is 5.75 Å². The third-order valence-corrected chi connectivity index (χ3v) is 4.54. The van der Waals surface area contributed by atoms with E-state index in [1.807, 2.05) is 0 Å². The summed E-state index contributed by atoms with van der Waals surface area (Å²) in [5, 5.41) is -0.216. The van der Waals surface area contributed by atoms with E-state index in [0.717, 1.165) is 5.57 Å². The van der Waals surface area contributed by atoms with Crippen LogP contribution in [-0.4, -0.2) is 46.7 Å². The van der Waals surface area contributed by atoms with E-state index >= 15 is 0 Å². The van der Waals surface area contributed by atoms with Gasteiger partial charge >= 0.3 is 11.9 Å². The Balaban J connectivity index is 2.01. The van der Waals surface area contributed by atoms with Crippen LogP contribution in [0.5, 0.6) is 0 Å². The highest BCUT2D eigenvalue weighted by Gasteiger charge is 2.51. The van der Waals surface area contributed by atoms with Crippen molar-refractivity contribution >= 4 is 29.6 Å². The molecular weight excluding hydrogens is 284 g/mol. The lowest BCUT2D eigenvalue weighted by Crippen LogP contribution is -2.68. The zero-order valence-corrected chi connectivity index (χ0v) is 12.1. The van der Waals surface area contributed by atoms with Crippen LogP contribution in [0.25, 0.3) is 0 Å². The Hall–Kier alpha value is -1.54. The summed E-state index contributed by atoms with van der Waals surface area (Å²) in [6.07, 6.45) is 0.206. The van der Waals surface area contributed by atoms with Crippen LogP contribution in [0.1, 0.15) is 20.3 Å². The Kier molecular flexibility index (Phi) is 4.34. The third-order valence-electron chi connectivity index (χ3n) is 3.09. The number of rotatable bonds is 4. The molecule has 0 bridgehead atoms. The van der Waals surface area contributed by atoms with E-state index in [1.165, 1.54) is 16.7 Å². The van der Waals surface area contributed by atoms with Crippen LogP contribution in [0.2, 0.25) is 0 Å². The minimum atomic E-state index is -0.669. The number of hydrogen-bond acceptors (Lipinski definition) is 7. The Labute approximate surface area is 120 Å². The van der Waals surface area contributed by atoms with Gasteiger partial charge in [0, 0.05) is 12.2 Å². The van der Waals surface area contributed by atoms with Gasteiger partial charge in [-0.2, -0.15) is 0 Å². The maximum atomic E-state index is 12.0. The molecular formula is C12H16N2O5S. The second-order valence-corrected chi connectivity index (χ2v) is 5.59. The second-order valence-electron chi connectivity index (χ2n) is 4.48. The van der Waals surface area contributed by atoms with E-state index in [9.17, 15) is 14.4 Å². The van der Waals surface area contributed by atoms with Crippen molar-refractivity contribution in [3.8, 4) is 0 Å². The van der Waals surface area contributed by atoms with Crippen molar-refractivity contribution in [1.82, 2.24) is 4.90 Å². The largest absolute Gasteiger partial charge is 0.428 e. The molecule has 7 nitrogen and oxygen atoms in total. The number of nitrogens with two attached hydrogens (primary N) is 1. The normalized spacial score (nSPS) is 24.9. The molecule has 2 aliphatic rings. The second kappa shape index (κ2) is 5.84. The number of carbonyl (C=O) groups excluding carboxylic acids is 3. The minimum absolute atomic E-state index is 0.206. The quantitative estimate of drug-likeness (QED) is 0.441. The average molecular weight is 300 g/mol. The first-order valence-electron chi connectivity index (χ1n) is 6.20. The number of amides is 1. The molecule has 0 spiro atoms. The lowest BCUT2D eigenvalue weighted by molar-refractivity contribution is -0.167. The van der Waals surface area contributed by atoms with Crippen molar-refractivity contribution in [3.63, 3.8) is 0 Å². The van der Waals surface area contributed by atoms with E-state index in [4.69, 9.17) is 10.5 Å². The molecule has 0 aromatic rings. The fourth-order valence-electron chi connectivity index (χ4n) is 1.98. The van der Waals surface area contributed by atoms with Gasteiger partial charge < -0.3 is 15.2 Å². The molecule has 0 aromatic carbocycles. The van der Waals surface area contributed by atoms with E-state index in [2.05, 4.69) is 4.74 Å². The number of carbonyl (C=O) groups is 3. The fraction of sp³-hybridized carbons (Fsp3) is 0.583. The number of β-lactam (4-membered cyclic amide) rings is 1. The molecule has 2 atom stereocenters. The van der Waals surface area contributed by atoms with Crippen LogP contribution in [0.4, 0.5) is 0 Å². The highest BCUT2D eigenvalue weighted by Crippen LogP contribution is 2.39. The molecule has 110 valence electrons. The van der Waals surface area contributed by atoms with Gasteiger partial charge in [-0.3, -0.25) is 14.5 Å². The monoisotopic (exact) mass is 300 g/mol. The molecule has 0 radical (unpaired) electrons. The van der Waals surface area contributed by atoms with Crippen molar-refractivity contribution in [2.75, 3.05) is 12.5 Å². The molecule has 1 saturated heterocycles. The van der Waals surface area contributed by atoms with Gasteiger partial charge in [-0.05, 0) is 12.5 Å². The van der Waals surface area contributed by atoms with Gasteiger partial charge in [0.25, 0.3) is 0 Å². The number of ether oxygens (including phenoxy) is 2. The summed E-state index contributed by atoms with van der Waals surface area (Å²) >= 11 is 1.52. The number of hydrogen-bond donors (Lipinski definition) is 1. The van der Waals surface area contributed by atoms with Crippen molar-refractivity contribution in [1.29, 1.82) is 0 Å². The van der Waals surface area contributed by atoms with Gasteiger partial charge in [0.05, 0.1) is 0 Å². The topological polar surface area (TPSA) is 98.9 Å². The van der Waals surface area contributed by atoms with Gasteiger partial charge in [-0.25, -0.2) is 4.79 Å². The molecule has 20 heavy (non-hydrogen) atoms. The number of fused-ring (bicyclic) bond motifs is 1. The summed E-state index contributed by atoms with van der Waals surface area (Å²) in [6, 6.07) is -0.575. The average Bonchev–Trinajstić information content (AvgIpc) is 2.45. The van der Waals surface area contributed by atoms with Crippen molar-refractivity contribution < 1.29 is 23.9 Å². The van der Waals surface area contributed by atoms with Crippen LogP contribution in [0.3, 0.4) is 0 Å². The van der Waals surface area contributed by atoms with Gasteiger partial charge in [-0.1, -0.05) is 6.92 Å². The fourth-order valence-corrected chi connectivity index (χ4v) is 3.22. The lowest BCUT2D eigenvalue weighted by Gasteiger charge is -2.47. The van der Waals surface area contributed by atoms with Crippen LogP contribution in [-0.2, 0) is 23.9 Å². The molecule has 2 heterocycles. The predicted molar refractivity (Wildman–Crippen MR) is 71.1 cm³/mol. The van der Waals surface area contributed by atoms with Gasteiger partial charge in [0.1, 0.15) is 17.1 Å². The first-order valence-corrected chi connectivity index (χ1v) is 7.25. The Morgan fingerprint density at radius 3 is 2.80 bits per heavy atom. The first kappa shape index (κ1) is 14.9.